The standard InChI is InChI=1S/C6H11BrO3/c1-4(6(9)10)5(8)2-3-7/h4-5,8H,2-3H2,1H3,(H,9,10). The highest BCUT2D eigenvalue weighted by Gasteiger charge is 2.19. The molecule has 4 heteroatoms. The lowest BCUT2D eigenvalue weighted by molar-refractivity contribution is -0.144. The van der Waals surface area contributed by atoms with Gasteiger partial charge in [-0.05, 0) is 13.3 Å². The summed E-state index contributed by atoms with van der Waals surface area (Å²) in [6, 6.07) is 0. The lowest BCUT2D eigenvalue weighted by Crippen LogP contribution is -2.25. The zero-order valence-corrected chi connectivity index (χ0v) is 7.34. The van der Waals surface area contributed by atoms with E-state index < -0.39 is 18.0 Å². The number of rotatable bonds is 4. The minimum absolute atomic E-state index is 0.480. The molecule has 0 aromatic heterocycles. The van der Waals surface area contributed by atoms with Crippen LogP contribution >= 0.6 is 15.9 Å². The molecule has 3 nitrogen and oxygen atoms in total. The zero-order valence-electron chi connectivity index (χ0n) is 5.75. The molecule has 2 unspecified atom stereocenters. The average Bonchev–Trinajstić information content (AvgIpc) is 1.87. The molecule has 0 bridgehead atoms. The minimum Gasteiger partial charge on any atom is -0.481 e. The van der Waals surface area contributed by atoms with Crippen molar-refractivity contribution in [1.29, 1.82) is 0 Å². The van der Waals surface area contributed by atoms with Crippen molar-refractivity contribution in [1.82, 2.24) is 0 Å². The van der Waals surface area contributed by atoms with Gasteiger partial charge in [-0.3, -0.25) is 4.79 Å². The number of hydrogen-bond acceptors (Lipinski definition) is 2. The highest BCUT2D eigenvalue weighted by atomic mass is 79.9. The van der Waals surface area contributed by atoms with E-state index in [9.17, 15) is 4.79 Å². The Morgan fingerprint density at radius 3 is 2.50 bits per heavy atom. The summed E-state index contributed by atoms with van der Waals surface area (Å²) in [5.74, 6) is -1.62. The second-order valence-corrected chi connectivity index (χ2v) is 2.96. The van der Waals surface area contributed by atoms with Crippen LogP contribution in [-0.4, -0.2) is 27.6 Å². The molecule has 0 aliphatic rings. The first-order valence-corrected chi connectivity index (χ1v) is 4.18. The van der Waals surface area contributed by atoms with Gasteiger partial charge in [0.1, 0.15) is 0 Å². The molecule has 0 saturated carbocycles. The van der Waals surface area contributed by atoms with Crippen LogP contribution in [0.4, 0.5) is 0 Å². The van der Waals surface area contributed by atoms with Gasteiger partial charge in [-0.2, -0.15) is 0 Å². The Bertz CT molecular complexity index is 116. The van der Waals surface area contributed by atoms with Gasteiger partial charge in [0.15, 0.2) is 0 Å². The van der Waals surface area contributed by atoms with Crippen molar-refractivity contribution in [2.45, 2.75) is 19.4 Å². The number of alkyl halides is 1. The van der Waals surface area contributed by atoms with Crippen LogP contribution in [0.1, 0.15) is 13.3 Å². The normalized spacial score (nSPS) is 16.3. The molecule has 0 spiro atoms. The van der Waals surface area contributed by atoms with Crippen molar-refractivity contribution in [3.8, 4) is 0 Å². The van der Waals surface area contributed by atoms with Crippen molar-refractivity contribution in [2.24, 2.45) is 5.92 Å². The van der Waals surface area contributed by atoms with Gasteiger partial charge in [0.2, 0.25) is 0 Å². The smallest absolute Gasteiger partial charge is 0.308 e. The van der Waals surface area contributed by atoms with Crippen LogP contribution in [0, 0.1) is 5.92 Å². The maximum absolute atomic E-state index is 10.2. The first kappa shape index (κ1) is 9.91. The quantitative estimate of drug-likeness (QED) is 0.678. The Balaban J connectivity index is 3.69. The fourth-order valence-electron chi connectivity index (χ4n) is 0.526. The second kappa shape index (κ2) is 4.68. The van der Waals surface area contributed by atoms with Gasteiger partial charge in [0, 0.05) is 5.33 Å². The van der Waals surface area contributed by atoms with Gasteiger partial charge < -0.3 is 10.2 Å². The summed E-state index contributed by atoms with van der Waals surface area (Å²) in [5, 5.41) is 18.1. The van der Waals surface area contributed by atoms with Crippen LogP contribution in [0.5, 0.6) is 0 Å². The number of carboxylic acid groups (broad SMARTS) is 1. The van der Waals surface area contributed by atoms with Gasteiger partial charge >= 0.3 is 5.97 Å². The predicted octanol–water partition coefficient (Wildman–Crippen LogP) is 0.853. The molecule has 0 aromatic rings. The first-order chi connectivity index (χ1) is 4.59. The summed E-state index contributed by atoms with van der Waals surface area (Å²) in [5.41, 5.74) is 0. The molecule has 10 heavy (non-hydrogen) atoms. The van der Waals surface area contributed by atoms with Crippen LogP contribution in [-0.2, 0) is 4.79 Å². The lowest BCUT2D eigenvalue weighted by Gasteiger charge is -2.12. The highest BCUT2D eigenvalue weighted by molar-refractivity contribution is 9.09. The summed E-state index contributed by atoms with van der Waals surface area (Å²) in [7, 11) is 0. The molecule has 0 rings (SSSR count). The molecule has 0 amide bonds. The van der Waals surface area contributed by atoms with E-state index in [4.69, 9.17) is 10.2 Å². The third kappa shape index (κ3) is 3.17. The van der Waals surface area contributed by atoms with Gasteiger partial charge in [-0.1, -0.05) is 15.9 Å². The first-order valence-electron chi connectivity index (χ1n) is 3.06. The van der Waals surface area contributed by atoms with E-state index >= 15 is 0 Å². The van der Waals surface area contributed by atoms with E-state index in [1.165, 1.54) is 6.92 Å². The van der Waals surface area contributed by atoms with E-state index in [1.54, 1.807) is 0 Å². The number of aliphatic hydroxyl groups excluding tert-OH is 1. The largest absolute Gasteiger partial charge is 0.481 e. The van der Waals surface area contributed by atoms with Crippen LogP contribution in [0.3, 0.4) is 0 Å². The number of carboxylic acids is 1. The van der Waals surface area contributed by atoms with Crippen molar-refractivity contribution < 1.29 is 15.0 Å². The van der Waals surface area contributed by atoms with Crippen molar-refractivity contribution in [3.63, 3.8) is 0 Å². The van der Waals surface area contributed by atoms with E-state index in [0.29, 0.717) is 11.8 Å². The Hall–Kier alpha value is -0.0900. The SMILES string of the molecule is CC(C(=O)O)C(O)CCBr. The summed E-state index contributed by atoms with van der Waals surface area (Å²) < 4.78 is 0. The summed E-state index contributed by atoms with van der Waals surface area (Å²) in [4.78, 5) is 10.2. The topological polar surface area (TPSA) is 57.5 Å². The van der Waals surface area contributed by atoms with Crippen molar-refractivity contribution in [2.75, 3.05) is 5.33 Å². The molecule has 0 fully saturated rings. The minimum atomic E-state index is -0.951. The van der Waals surface area contributed by atoms with Crippen LogP contribution in [0.2, 0.25) is 0 Å². The second-order valence-electron chi connectivity index (χ2n) is 2.17. The molecule has 2 atom stereocenters. The van der Waals surface area contributed by atoms with Gasteiger partial charge in [0.05, 0.1) is 12.0 Å². The number of halogens is 1. The maximum Gasteiger partial charge on any atom is 0.308 e. The van der Waals surface area contributed by atoms with Gasteiger partial charge in [-0.25, -0.2) is 0 Å². The zero-order chi connectivity index (χ0) is 8.15. The fraction of sp³-hybridized carbons (Fsp3) is 0.833. The number of aliphatic hydroxyl groups is 1. The van der Waals surface area contributed by atoms with E-state index in [2.05, 4.69) is 15.9 Å². The Kier molecular flexibility index (Phi) is 4.64. The Morgan fingerprint density at radius 1 is 1.70 bits per heavy atom. The molecular weight excluding hydrogens is 200 g/mol. The summed E-state index contributed by atoms with van der Waals surface area (Å²) in [6.45, 7) is 1.50. The van der Waals surface area contributed by atoms with Crippen LogP contribution in [0.25, 0.3) is 0 Å². The van der Waals surface area contributed by atoms with E-state index in [0.717, 1.165) is 0 Å². The molecule has 0 radical (unpaired) electrons. The molecular formula is C6H11BrO3. The number of hydrogen-bond donors (Lipinski definition) is 2. The maximum atomic E-state index is 10.2. The molecule has 0 aliphatic heterocycles. The lowest BCUT2D eigenvalue weighted by atomic mass is 10.0. The fourth-order valence-corrected chi connectivity index (χ4v) is 0.995. The molecule has 0 aromatic carbocycles. The van der Waals surface area contributed by atoms with E-state index in [-0.39, 0.29) is 0 Å². The third-order valence-electron chi connectivity index (χ3n) is 1.37. The van der Waals surface area contributed by atoms with Gasteiger partial charge in [0.25, 0.3) is 0 Å². The van der Waals surface area contributed by atoms with Crippen LogP contribution < -0.4 is 0 Å². The highest BCUT2D eigenvalue weighted by Crippen LogP contribution is 2.07. The number of aliphatic carboxylic acids is 1. The third-order valence-corrected chi connectivity index (χ3v) is 1.83. The molecule has 60 valence electrons. The van der Waals surface area contributed by atoms with Crippen LogP contribution in [0.15, 0.2) is 0 Å². The predicted molar refractivity (Wildman–Crippen MR) is 41.2 cm³/mol. The molecule has 0 saturated heterocycles. The van der Waals surface area contributed by atoms with Crippen molar-refractivity contribution in [3.05, 3.63) is 0 Å². The summed E-state index contributed by atoms with van der Waals surface area (Å²) in [6.07, 6.45) is -0.259. The molecule has 0 aliphatic carbocycles. The van der Waals surface area contributed by atoms with E-state index in [1.807, 2.05) is 0 Å². The number of carbonyl (C=O) groups is 1. The summed E-state index contributed by atoms with van der Waals surface area (Å²) >= 11 is 3.11. The Labute approximate surface area is 68.2 Å². The average molecular weight is 211 g/mol. The van der Waals surface area contributed by atoms with Gasteiger partial charge in [-0.15, -0.1) is 0 Å². The van der Waals surface area contributed by atoms with Crippen molar-refractivity contribution >= 4 is 21.9 Å². The Morgan fingerprint density at radius 2 is 2.20 bits per heavy atom. The molecule has 2 N–H and O–H groups in total. The monoisotopic (exact) mass is 210 g/mol. The molecule has 0 heterocycles.